The molecule has 0 aliphatic carbocycles. The van der Waals surface area contributed by atoms with Crippen LogP contribution in [-0.4, -0.2) is 13.1 Å². The van der Waals surface area contributed by atoms with Crippen molar-refractivity contribution in [2.24, 2.45) is 0 Å². The Hall–Kier alpha value is -0.410. The van der Waals surface area contributed by atoms with Gasteiger partial charge in [-0.25, -0.2) is 4.39 Å². The highest BCUT2D eigenvalue weighted by molar-refractivity contribution is 9.10. The Morgan fingerprint density at radius 1 is 1.47 bits per heavy atom. The highest BCUT2D eigenvalue weighted by atomic mass is 79.9. The molecule has 1 atom stereocenters. The minimum atomic E-state index is -0.399. The maximum absolute atomic E-state index is 12.5. The molecule has 1 aliphatic rings. The van der Waals surface area contributed by atoms with E-state index in [9.17, 15) is 4.39 Å². The predicted octanol–water partition coefficient (Wildman–Crippen LogP) is 3.39. The van der Waals surface area contributed by atoms with Crippen molar-refractivity contribution in [2.75, 3.05) is 13.1 Å². The number of hydrogen-bond acceptors (Lipinski definition) is 1. The summed E-state index contributed by atoms with van der Waals surface area (Å²) in [5.41, 5.74) is 2.05. The van der Waals surface area contributed by atoms with Crippen molar-refractivity contribution in [3.8, 4) is 0 Å². The minimum absolute atomic E-state index is 0.399. The van der Waals surface area contributed by atoms with Crippen molar-refractivity contribution < 1.29 is 4.39 Å². The van der Waals surface area contributed by atoms with Crippen molar-refractivity contribution in [2.45, 2.75) is 25.4 Å². The van der Waals surface area contributed by atoms with Gasteiger partial charge in [-0.2, -0.15) is 0 Å². The fourth-order valence-electron chi connectivity index (χ4n) is 2.06. The molecule has 1 N–H and O–H groups in total. The van der Waals surface area contributed by atoms with E-state index in [1.165, 1.54) is 18.4 Å². The Morgan fingerprint density at radius 3 is 2.93 bits per heavy atom. The summed E-state index contributed by atoms with van der Waals surface area (Å²) < 4.78 is 13.4. The topological polar surface area (TPSA) is 12.0 Å². The van der Waals surface area contributed by atoms with E-state index in [1.807, 2.05) is 6.07 Å². The average molecular weight is 272 g/mol. The van der Waals surface area contributed by atoms with Crippen LogP contribution in [0.1, 0.15) is 29.9 Å². The number of rotatable bonds is 2. The smallest absolute Gasteiger partial charge is 0.116 e. The Bertz CT molecular complexity index is 334. The summed E-state index contributed by atoms with van der Waals surface area (Å²) in [4.78, 5) is 0. The maximum atomic E-state index is 12.5. The maximum Gasteiger partial charge on any atom is 0.116 e. The lowest BCUT2D eigenvalue weighted by molar-refractivity contribution is 0.460. The SMILES string of the molecule is FCc1ccc(C2CCCNC2)cc1Br. The van der Waals surface area contributed by atoms with Gasteiger partial charge in [0.15, 0.2) is 0 Å². The molecule has 1 saturated heterocycles. The van der Waals surface area contributed by atoms with Gasteiger partial charge in [0.05, 0.1) is 0 Å². The second kappa shape index (κ2) is 5.08. The fourth-order valence-corrected chi connectivity index (χ4v) is 2.56. The summed E-state index contributed by atoms with van der Waals surface area (Å²) in [6.45, 7) is 1.77. The highest BCUT2D eigenvalue weighted by Gasteiger charge is 2.15. The van der Waals surface area contributed by atoms with Crippen LogP contribution in [0.5, 0.6) is 0 Å². The van der Waals surface area contributed by atoms with Crippen LogP contribution >= 0.6 is 15.9 Å². The molecular weight excluding hydrogens is 257 g/mol. The molecule has 2 rings (SSSR count). The molecule has 82 valence electrons. The Balaban J connectivity index is 2.17. The summed E-state index contributed by atoms with van der Waals surface area (Å²) >= 11 is 3.41. The van der Waals surface area contributed by atoms with Crippen molar-refractivity contribution in [1.29, 1.82) is 0 Å². The second-order valence-electron chi connectivity index (χ2n) is 4.03. The molecule has 1 heterocycles. The van der Waals surface area contributed by atoms with E-state index in [2.05, 4.69) is 33.4 Å². The monoisotopic (exact) mass is 271 g/mol. The van der Waals surface area contributed by atoms with Crippen LogP contribution in [0.4, 0.5) is 4.39 Å². The molecule has 0 radical (unpaired) electrons. The molecule has 1 fully saturated rings. The van der Waals surface area contributed by atoms with Crippen LogP contribution in [0.15, 0.2) is 22.7 Å². The van der Waals surface area contributed by atoms with E-state index in [0.29, 0.717) is 5.92 Å². The van der Waals surface area contributed by atoms with Crippen molar-refractivity contribution in [3.05, 3.63) is 33.8 Å². The van der Waals surface area contributed by atoms with Gasteiger partial charge in [0.25, 0.3) is 0 Å². The minimum Gasteiger partial charge on any atom is -0.316 e. The Morgan fingerprint density at radius 2 is 2.33 bits per heavy atom. The molecule has 1 aromatic carbocycles. The molecule has 0 aromatic heterocycles. The van der Waals surface area contributed by atoms with Gasteiger partial charge in [-0.3, -0.25) is 0 Å². The van der Waals surface area contributed by atoms with E-state index in [4.69, 9.17) is 0 Å². The van der Waals surface area contributed by atoms with Gasteiger partial charge in [0.1, 0.15) is 6.67 Å². The Labute approximate surface area is 98.2 Å². The number of hydrogen-bond donors (Lipinski definition) is 1. The third kappa shape index (κ3) is 2.58. The van der Waals surface area contributed by atoms with Crippen LogP contribution < -0.4 is 5.32 Å². The Kier molecular flexibility index (Phi) is 3.76. The quantitative estimate of drug-likeness (QED) is 0.870. The van der Waals surface area contributed by atoms with Crippen LogP contribution in [0.2, 0.25) is 0 Å². The zero-order valence-electron chi connectivity index (χ0n) is 8.60. The molecular formula is C12H15BrFN. The molecule has 0 bridgehead atoms. The summed E-state index contributed by atoms with van der Waals surface area (Å²) in [6, 6.07) is 6.00. The first-order chi connectivity index (χ1) is 7.31. The van der Waals surface area contributed by atoms with Crippen molar-refractivity contribution in [1.82, 2.24) is 5.32 Å². The number of benzene rings is 1. The predicted molar refractivity (Wildman–Crippen MR) is 63.8 cm³/mol. The lowest BCUT2D eigenvalue weighted by atomic mass is 9.91. The van der Waals surface area contributed by atoms with Crippen molar-refractivity contribution >= 4 is 15.9 Å². The van der Waals surface area contributed by atoms with Crippen LogP contribution in [0, 0.1) is 0 Å². The molecule has 1 aliphatic heterocycles. The molecule has 0 spiro atoms. The van der Waals surface area contributed by atoms with Crippen LogP contribution in [0.25, 0.3) is 0 Å². The molecule has 1 nitrogen and oxygen atoms in total. The molecule has 1 aromatic rings. The van der Waals surface area contributed by atoms with Gasteiger partial charge in [0.2, 0.25) is 0 Å². The van der Waals surface area contributed by atoms with E-state index >= 15 is 0 Å². The van der Waals surface area contributed by atoms with Gasteiger partial charge < -0.3 is 5.32 Å². The first-order valence-corrected chi connectivity index (χ1v) is 6.15. The molecule has 3 heteroatoms. The molecule has 0 saturated carbocycles. The van der Waals surface area contributed by atoms with Crippen LogP contribution in [-0.2, 0) is 6.67 Å². The lowest BCUT2D eigenvalue weighted by Gasteiger charge is -2.23. The first-order valence-electron chi connectivity index (χ1n) is 5.36. The standard InChI is InChI=1S/C12H15BrFN/c13-12-6-9(3-4-10(12)7-14)11-2-1-5-15-8-11/h3-4,6,11,15H,1-2,5,7-8H2. The van der Waals surface area contributed by atoms with E-state index in [1.54, 1.807) is 0 Å². The zero-order chi connectivity index (χ0) is 10.7. The van der Waals surface area contributed by atoms with E-state index in [0.717, 1.165) is 23.1 Å². The van der Waals surface area contributed by atoms with Crippen molar-refractivity contribution in [3.63, 3.8) is 0 Å². The van der Waals surface area contributed by atoms with Gasteiger partial charge >= 0.3 is 0 Å². The highest BCUT2D eigenvalue weighted by Crippen LogP contribution is 2.27. The first kappa shape index (κ1) is 11.1. The second-order valence-corrected chi connectivity index (χ2v) is 4.88. The number of alkyl halides is 1. The van der Waals surface area contributed by atoms with Gasteiger partial charge in [0, 0.05) is 11.0 Å². The number of nitrogens with one attached hydrogen (secondary N) is 1. The largest absolute Gasteiger partial charge is 0.316 e. The summed E-state index contributed by atoms with van der Waals surface area (Å²) in [5, 5.41) is 3.39. The van der Waals surface area contributed by atoms with Gasteiger partial charge in [-0.15, -0.1) is 0 Å². The third-order valence-corrected chi connectivity index (χ3v) is 3.73. The van der Waals surface area contributed by atoms with Crippen LogP contribution in [0.3, 0.4) is 0 Å². The van der Waals surface area contributed by atoms with E-state index < -0.39 is 6.67 Å². The van der Waals surface area contributed by atoms with E-state index in [-0.39, 0.29) is 0 Å². The summed E-state index contributed by atoms with van der Waals surface area (Å²) in [6.07, 6.45) is 2.46. The lowest BCUT2D eigenvalue weighted by Crippen LogP contribution is -2.28. The number of halogens is 2. The number of piperidine rings is 1. The average Bonchev–Trinajstić information content (AvgIpc) is 2.30. The fraction of sp³-hybridized carbons (Fsp3) is 0.500. The summed E-state index contributed by atoms with van der Waals surface area (Å²) in [5.74, 6) is 0.587. The summed E-state index contributed by atoms with van der Waals surface area (Å²) in [7, 11) is 0. The normalized spacial score (nSPS) is 21.6. The molecule has 15 heavy (non-hydrogen) atoms. The molecule has 0 amide bonds. The van der Waals surface area contributed by atoms with Gasteiger partial charge in [-0.05, 0) is 42.5 Å². The third-order valence-electron chi connectivity index (χ3n) is 2.99. The zero-order valence-corrected chi connectivity index (χ0v) is 10.2. The van der Waals surface area contributed by atoms with Gasteiger partial charge in [-0.1, -0.05) is 28.1 Å². The molecule has 1 unspecified atom stereocenters.